The van der Waals surface area contributed by atoms with Gasteiger partial charge in [0.25, 0.3) is 0 Å². The molecule has 102 valence electrons. The van der Waals surface area contributed by atoms with Crippen LogP contribution in [0.2, 0.25) is 5.02 Å². The van der Waals surface area contributed by atoms with Gasteiger partial charge in [-0.15, -0.1) is 0 Å². The van der Waals surface area contributed by atoms with Gasteiger partial charge in [-0.1, -0.05) is 30.7 Å². The molecule has 0 saturated carbocycles. The monoisotopic (exact) mass is 277 g/mol. The van der Waals surface area contributed by atoms with Crippen molar-refractivity contribution in [2.45, 2.75) is 26.3 Å². The van der Waals surface area contributed by atoms with Gasteiger partial charge in [0.05, 0.1) is 5.69 Å². The molecule has 1 N–H and O–H groups in total. The third-order valence-corrected chi connectivity index (χ3v) is 3.64. The highest BCUT2D eigenvalue weighted by atomic mass is 35.5. The Labute approximate surface area is 119 Å². The molecule has 0 aliphatic heterocycles. The Morgan fingerprint density at radius 3 is 2.74 bits per heavy atom. The molecule has 2 aromatic rings. The van der Waals surface area contributed by atoms with E-state index >= 15 is 0 Å². The van der Waals surface area contributed by atoms with Gasteiger partial charge < -0.3 is 5.32 Å². The highest BCUT2D eigenvalue weighted by Gasteiger charge is 2.13. The molecule has 19 heavy (non-hydrogen) atoms. The molecule has 1 unspecified atom stereocenters. The lowest BCUT2D eigenvalue weighted by Gasteiger charge is -2.18. The third kappa shape index (κ3) is 3.58. The average Bonchev–Trinajstić information content (AvgIpc) is 2.78. The van der Waals surface area contributed by atoms with Crippen molar-refractivity contribution < 1.29 is 0 Å². The van der Waals surface area contributed by atoms with E-state index in [2.05, 4.69) is 35.5 Å². The van der Waals surface area contributed by atoms with Gasteiger partial charge in [-0.05, 0) is 36.7 Å². The Hall–Kier alpha value is -1.32. The Morgan fingerprint density at radius 1 is 1.37 bits per heavy atom. The van der Waals surface area contributed by atoms with E-state index in [9.17, 15) is 0 Å². The van der Waals surface area contributed by atoms with Crippen LogP contribution in [0.5, 0.6) is 0 Å². The molecule has 2 rings (SSSR count). The average molecular weight is 278 g/mol. The second-order valence-electron chi connectivity index (χ2n) is 4.80. The summed E-state index contributed by atoms with van der Waals surface area (Å²) in [5.41, 5.74) is 3.41. The second-order valence-corrected chi connectivity index (χ2v) is 5.21. The van der Waals surface area contributed by atoms with Gasteiger partial charge in [0.2, 0.25) is 0 Å². The normalized spacial score (nSPS) is 12.6. The van der Waals surface area contributed by atoms with E-state index in [1.54, 1.807) is 0 Å². The van der Waals surface area contributed by atoms with Gasteiger partial charge in [-0.25, -0.2) is 0 Å². The van der Waals surface area contributed by atoms with Gasteiger partial charge in [0.15, 0.2) is 0 Å². The van der Waals surface area contributed by atoms with Gasteiger partial charge in [-0.2, -0.15) is 5.10 Å². The first-order valence-electron chi connectivity index (χ1n) is 6.58. The minimum atomic E-state index is 0.248. The largest absolute Gasteiger partial charge is 0.310 e. The van der Waals surface area contributed by atoms with Crippen molar-refractivity contribution in [3.63, 3.8) is 0 Å². The third-order valence-electron chi connectivity index (χ3n) is 3.23. The Balaban J connectivity index is 2.21. The number of benzene rings is 1. The van der Waals surface area contributed by atoms with Crippen LogP contribution in [0.15, 0.2) is 30.5 Å². The number of aromatic nitrogens is 2. The van der Waals surface area contributed by atoms with Crippen LogP contribution >= 0.6 is 11.6 Å². The lowest BCUT2D eigenvalue weighted by molar-refractivity contribution is 0.539. The Bertz CT molecular complexity index is 548. The number of nitrogens with one attached hydrogen (secondary N) is 1. The minimum absolute atomic E-state index is 0.248. The zero-order valence-corrected chi connectivity index (χ0v) is 12.4. The number of aryl methyl sites for hydroxylation is 2. The zero-order chi connectivity index (χ0) is 13.8. The van der Waals surface area contributed by atoms with Crippen molar-refractivity contribution in [3.8, 4) is 0 Å². The van der Waals surface area contributed by atoms with E-state index in [1.807, 2.05) is 30.9 Å². The standard InChI is InChI=1S/C15H20ClN3/c1-4-17-15(10-13-7-8-19(3)18-13)12-6-5-11(2)14(16)9-12/h5-9,15,17H,4,10H2,1-3H3. The molecule has 0 saturated heterocycles. The van der Waals surface area contributed by atoms with E-state index < -0.39 is 0 Å². The van der Waals surface area contributed by atoms with Crippen LogP contribution in [-0.2, 0) is 13.5 Å². The first kappa shape index (κ1) is 14.1. The molecular weight excluding hydrogens is 258 g/mol. The summed E-state index contributed by atoms with van der Waals surface area (Å²) in [4.78, 5) is 0. The van der Waals surface area contributed by atoms with Crippen molar-refractivity contribution >= 4 is 11.6 Å². The van der Waals surface area contributed by atoms with Crippen LogP contribution in [0, 0.1) is 6.92 Å². The maximum atomic E-state index is 6.22. The molecule has 1 heterocycles. The SMILES string of the molecule is CCNC(Cc1ccn(C)n1)c1ccc(C)c(Cl)c1. The van der Waals surface area contributed by atoms with E-state index in [0.717, 1.165) is 29.2 Å². The summed E-state index contributed by atoms with van der Waals surface area (Å²) in [6.07, 6.45) is 2.84. The Morgan fingerprint density at radius 2 is 2.16 bits per heavy atom. The fraction of sp³-hybridized carbons (Fsp3) is 0.400. The topological polar surface area (TPSA) is 29.9 Å². The number of nitrogens with zero attached hydrogens (tertiary/aromatic N) is 2. The Kier molecular flexibility index (Phi) is 4.61. The number of rotatable bonds is 5. The van der Waals surface area contributed by atoms with E-state index in [4.69, 9.17) is 11.6 Å². The highest BCUT2D eigenvalue weighted by molar-refractivity contribution is 6.31. The number of likely N-dealkylation sites (N-methyl/N-ethyl adjacent to an activating group) is 1. The summed E-state index contributed by atoms with van der Waals surface area (Å²) in [7, 11) is 1.94. The van der Waals surface area contributed by atoms with Crippen LogP contribution in [0.4, 0.5) is 0 Å². The smallest absolute Gasteiger partial charge is 0.0643 e. The van der Waals surface area contributed by atoms with Gasteiger partial charge >= 0.3 is 0 Å². The highest BCUT2D eigenvalue weighted by Crippen LogP contribution is 2.23. The van der Waals surface area contributed by atoms with Crippen molar-refractivity contribution in [1.82, 2.24) is 15.1 Å². The van der Waals surface area contributed by atoms with Crippen molar-refractivity contribution in [1.29, 1.82) is 0 Å². The van der Waals surface area contributed by atoms with Crippen molar-refractivity contribution in [2.24, 2.45) is 7.05 Å². The molecular formula is C15H20ClN3. The first-order chi connectivity index (χ1) is 9.10. The van der Waals surface area contributed by atoms with Crippen molar-refractivity contribution in [2.75, 3.05) is 6.54 Å². The van der Waals surface area contributed by atoms with Crippen LogP contribution < -0.4 is 5.32 Å². The number of hydrogen-bond donors (Lipinski definition) is 1. The summed E-state index contributed by atoms with van der Waals surface area (Å²) in [6.45, 7) is 5.05. The molecule has 0 radical (unpaired) electrons. The summed E-state index contributed by atoms with van der Waals surface area (Å²) in [5, 5.41) is 8.76. The van der Waals surface area contributed by atoms with E-state index in [1.165, 1.54) is 5.56 Å². The van der Waals surface area contributed by atoms with Gasteiger partial charge in [0.1, 0.15) is 0 Å². The van der Waals surface area contributed by atoms with Crippen LogP contribution in [0.3, 0.4) is 0 Å². The predicted molar refractivity (Wildman–Crippen MR) is 79.5 cm³/mol. The molecule has 0 spiro atoms. The maximum absolute atomic E-state index is 6.22. The zero-order valence-electron chi connectivity index (χ0n) is 11.7. The lowest BCUT2D eigenvalue weighted by atomic mass is 10.0. The lowest BCUT2D eigenvalue weighted by Crippen LogP contribution is -2.23. The van der Waals surface area contributed by atoms with Crippen LogP contribution in [0.25, 0.3) is 0 Å². The second kappa shape index (κ2) is 6.22. The fourth-order valence-corrected chi connectivity index (χ4v) is 2.35. The van der Waals surface area contributed by atoms with Crippen LogP contribution in [0.1, 0.15) is 29.8 Å². The molecule has 1 atom stereocenters. The predicted octanol–water partition coefficient (Wildman–Crippen LogP) is 3.28. The summed E-state index contributed by atoms with van der Waals surface area (Å²) >= 11 is 6.22. The maximum Gasteiger partial charge on any atom is 0.0643 e. The van der Waals surface area contributed by atoms with Crippen molar-refractivity contribution in [3.05, 3.63) is 52.3 Å². The van der Waals surface area contributed by atoms with E-state index in [-0.39, 0.29) is 6.04 Å². The molecule has 0 fully saturated rings. The summed E-state index contributed by atoms with van der Waals surface area (Å²) in [6, 6.07) is 8.56. The molecule has 1 aromatic carbocycles. The van der Waals surface area contributed by atoms with Gasteiger partial charge in [0, 0.05) is 30.7 Å². The quantitative estimate of drug-likeness (QED) is 0.909. The molecule has 0 bridgehead atoms. The summed E-state index contributed by atoms with van der Waals surface area (Å²) in [5.74, 6) is 0. The molecule has 3 nitrogen and oxygen atoms in total. The van der Waals surface area contributed by atoms with Crippen LogP contribution in [-0.4, -0.2) is 16.3 Å². The number of hydrogen-bond acceptors (Lipinski definition) is 2. The minimum Gasteiger partial charge on any atom is -0.310 e. The molecule has 0 amide bonds. The summed E-state index contributed by atoms with van der Waals surface area (Å²) < 4.78 is 1.83. The fourth-order valence-electron chi connectivity index (χ4n) is 2.16. The molecule has 4 heteroatoms. The first-order valence-corrected chi connectivity index (χ1v) is 6.96. The van der Waals surface area contributed by atoms with E-state index in [0.29, 0.717) is 0 Å². The number of halogens is 1. The molecule has 0 aliphatic rings. The molecule has 1 aromatic heterocycles. The molecule has 0 aliphatic carbocycles. The van der Waals surface area contributed by atoms with Gasteiger partial charge in [-0.3, -0.25) is 4.68 Å².